The van der Waals surface area contributed by atoms with Crippen LogP contribution in [0, 0.1) is 28.5 Å². The van der Waals surface area contributed by atoms with Crippen LogP contribution in [0.5, 0.6) is 0 Å². The van der Waals surface area contributed by atoms with E-state index in [2.05, 4.69) is 15.5 Å². The molecule has 0 radical (unpaired) electrons. The number of carbonyl (C=O) groups excluding carboxylic acids is 2. The lowest BCUT2D eigenvalue weighted by Crippen LogP contribution is -2.64. The number of hydrogen-bond donors (Lipinski definition) is 2. The molecule has 2 fully saturated rings. The topological polar surface area (TPSA) is 85.2 Å². The fourth-order valence-corrected chi connectivity index (χ4v) is 4.37. The lowest BCUT2D eigenvalue weighted by atomic mass is 9.57. The molecule has 0 aromatic heterocycles. The van der Waals surface area contributed by atoms with E-state index < -0.39 is 5.82 Å². The minimum Gasteiger partial charge on any atom is -0.352 e. The van der Waals surface area contributed by atoms with Gasteiger partial charge in [0.2, 0.25) is 5.91 Å². The van der Waals surface area contributed by atoms with Gasteiger partial charge < -0.3 is 10.6 Å². The largest absolute Gasteiger partial charge is 0.352 e. The summed E-state index contributed by atoms with van der Waals surface area (Å²) in [6.45, 7) is 8.73. The van der Waals surface area contributed by atoms with E-state index in [0.717, 1.165) is 38.1 Å². The van der Waals surface area contributed by atoms with Gasteiger partial charge in [0.15, 0.2) is 0 Å². The lowest BCUT2D eigenvalue weighted by molar-refractivity contribution is -0.133. The van der Waals surface area contributed by atoms with Crippen LogP contribution in [0.25, 0.3) is 0 Å². The molecule has 0 atom stereocenters. The molecule has 6 nitrogen and oxygen atoms in total. The third-order valence-corrected chi connectivity index (χ3v) is 5.28. The Hall–Kier alpha value is -2.46. The maximum Gasteiger partial charge on any atom is 0.251 e. The zero-order valence-corrected chi connectivity index (χ0v) is 16.6. The first kappa shape index (κ1) is 20.3. The van der Waals surface area contributed by atoms with Crippen molar-refractivity contribution in [2.75, 3.05) is 26.2 Å². The number of rotatable bonds is 5. The smallest absolute Gasteiger partial charge is 0.251 e. The van der Waals surface area contributed by atoms with E-state index in [1.807, 2.05) is 26.8 Å². The highest BCUT2D eigenvalue weighted by Crippen LogP contribution is 2.51. The highest BCUT2D eigenvalue weighted by molar-refractivity contribution is 5.94. The second-order valence-electron chi connectivity index (χ2n) is 9.27. The fourth-order valence-electron chi connectivity index (χ4n) is 4.37. The first-order chi connectivity index (χ1) is 13.1. The van der Waals surface area contributed by atoms with Crippen LogP contribution >= 0.6 is 0 Å². The molecule has 2 amide bonds. The van der Waals surface area contributed by atoms with Crippen molar-refractivity contribution in [3.8, 4) is 6.07 Å². The van der Waals surface area contributed by atoms with Crippen molar-refractivity contribution in [1.29, 1.82) is 5.26 Å². The average molecular weight is 386 g/mol. The Morgan fingerprint density at radius 3 is 2.57 bits per heavy atom. The van der Waals surface area contributed by atoms with Gasteiger partial charge in [0.25, 0.3) is 5.91 Å². The standard InChI is InChI=1S/C21H27FN4O2/c1-20(2,3)25-18(27)11-26-12-21(13-26)7-15(8-21)10-24-19(28)16-4-14(9-23)5-17(22)6-16/h4-6,15H,7-8,10-13H2,1-3H3,(H,24,28)(H,25,27). The average Bonchev–Trinajstić information content (AvgIpc) is 2.52. The van der Waals surface area contributed by atoms with Crippen molar-refractivity contribution in [1.82, 2.24) is 15.5 Å². The first-order valence-electron chi connectivity index (χ1n) is 9.60. The quantitative estimate of drug-likeness (QED) is 0.811. The molecule has 1 aromatic rings. The second kappa shape index (κ2) is 7.51. The van der Waals surface area contributed by atoms with Gasteiger partial charge in [0, 0.05) is 30.7 Å². The summed E-state index contributed by atoms with van der Waals surface area (Å²) >= 11 is 0. The number of carbonyl (C=O) groups is 2. The van der Waals surface area contributed by atoms with Gasteiger partial charge in [-0.2, -0.15) is 5.26 Å². The Morgan fingerprint density at radius 2 is 1.96 bits per heavy atom. The van der Waals surface area contributed by atoms with Gasteiger partial charge in [0.05, 0.1) is 18.2 Å². The molecule has 0 bridgehead atoms. The first-order valence-corrected chi connectivity index (χ1v) is 9.60. The van der Waals surface area contributed by atoms with Gasteiger partial charge in [-0.25, -0.2) is 4.39 Å². The summed E-state index contributed by atoms with van der Waals surface area (Å²) in [5.41, 5.74) is 0.377. The Kier molecular flexibility index (Phi) is 5.44. The number of nitrogens with zero attached hydrogens (tertiary/aromatic N) is 2. The molecule has 3 rings (SSSR count). The zero-order chi connectivity index (χ0) is 20.5. The van der Waals surface area contributed by atoms with Gasteiger partial charge in [-0.1, -0.05) is 0 Å². The molecule has 28 heavy (non-hydrogen) atoms. The predicted octanol–water partition coefficient (Wildman–Crippen LogP) is 2.05. The van der Waals surface area contributed by atoms with Crippen molar-refractivity contribution in [2.24, 2.45) is 11.3 Å². The monoisotopic (exact) mass is 386 g/mol. The Labute approximate surface area is 165 Å². The van der Waals surface area contributed by atoms with Crippen LogP contribution in [0.4, 0.5) is 4.39 Å². The van der Waals surface area contributed by atoms with Gasteiger partial charge in [0.1, 0.15) is 5.82 Å². The molecule has 1 heterocycles. The summed E-state index contributed by atoms with van der Waals surface area (Å²) in [5.74, 6) is -0.487. The SMILES string of the molecule is CC(C)(C)NC(=O)CN1CC2(CC(CNC(=O)c3cc(F)cc(C#N)c3)C2)C1. The number of likely N-dealkylation sites (tertiary alicyclic amines) is 1. The number of amides is 2. The van der Waals surface area contributed by atoms with E-state index in [1.54, 1.807) is 0 Å². The van der Waals surface area contributed by atoms with Gasteiger partial charge in [-0.15, -0.1) is 0 Å². The van der Waals surface area contributed by atoms with E-state index >= 15 is 0 Å². The maximum atomic E-state index is 13.5. The molecule has 150 valence electrons. The number of hydrogen-bond acceptors (Lipinski definition) is 4. The van der Waals surface area contributed by atoms with Crippen molar-refractivity contribution < 1.29 is 14.0 Å². The van der Waals surface area contributed by atoms with Crippen molar-refractivity contribution in [3.63, 3.8) is 0 Å². The number of benzene rings is 1. The van der Waals surface area contributed by atoms with Crippen LogP contribution in [0.2, 0.25) is 0 Å². The van der Waals surface area contributed by atoms with Crippen LogP contribution < -0.4 is 10.6 Å². The van der Waals surface area contributed by atoms with Crippen LogP contribution in [0.3, 0.4) is 0 Å². The van der Waals surface area contributed by atoms with E-state index in [0.29, 0.717) is 19.0 Å². The summed E-state index contributed by atoms with van der Waals surface area (Å²) in [5, 5.41) is 14.7. The molecule has 2 aliphatic rings. The lowest BCUT2D eigenvalue weighted by Gasteiger charge is -2.59. The van der Waals surface area contributed by atoms with E-state index in [9.17, 15) is 14.0 Å². The number of halogens is 1. The van der Waals surface area contributed by atoms with Crippen molar-refractivity contribution >= 4 is 11.8 Å². The molecule has 1 aliphatic carbocycles. The van der Waals surface area contributed by atoms with Gasteiger partial charge in [-0.3, -0.25) is 14.5 Å². The third-order valence-electron chi connectivity index (χ3n) is 5.28. The Morgan fingerprint density at radius 1 is 1.29 bits per heavy atom. The third kappa shape index (κ3) is 4.87. The molecule has 2 N–H and O–H groups in total. The highest BCUT2D eigenvalue weighted by atomic mass is 19.1. The highest BCUT2D eigenvalue weighted by Gasteiger charge is 2.52. The molecule has 1 saturated heterocycles. The van der Waals surface area contributed by atoms with Crippen molar-refractivity contribution in [3.05, 3.63) is 35.1 Å². The number of nitrogens with one attached hydrogen (secondary N) is 2. The van der Waals surface area contributed by atoms with Crippen LogP contribution in [0.15, 0.2) is 18.2 Å². The van der Waals surface area contributed by atoms with E-state index in [1.165, 1.54) is 6.07 Å². The van der Waals surface area contributed by atoms with Crippen molar-refractivity contribution in [2.45, 2.75) is 39.2 Å². The van der Waals surface area contributed by atoms with Gasteiger partial charge >= 0.3 is 0 Å². The van der Waals surface area contributed by atoms with Crippen LogP contribution in [0.1, 0.15) is 49.5 Å². The van der Waals surface area contributed by atoms with E-state index in [-0.39, 0.29) is 33.9 Å². The molecule has 1 aliphatic heterocycles. The summed E-state index contributed by atoms with van der Waals surface area (Å²) < 4.78 is 13.5. The minimum absolute atomic E-state index is 0.0531. The second-order valence-corrected chi connectivity index (χ2v) is 9.27. The molecular weight excluding hydrogens is 359 g/mol. The summed E-state index contributed by atoms with van der Waals surface area (Å²) in [7, 11) is 0. The normalized spacial score (nSPS) is 18.7. The molecular formula is C21H27FN4O2. The van der Waals surface area contributed by atoms with E-state index in [4.69, 9.17) is 5.26 Å². The molecule has 0 unspecified atom stereocenters. The maximum absolute atomic E-state index is 13.5. The molecule has 7 heteroatoms. The van der Waals surface area contributed by atoms with Gasteiger partial charge in [-0.05, 0) is 63.1 Å². The zero-order valence-electron chi connectivity index (χ0n) is 16.6. The molecule has 1 saturated carbocycles. The molecule has 1 spiro atoms. The molecule has 1 aromatic carbocycles. The summed E-state index contributed by atoms with van der Waals surface area (Å²) in [6.07, 6.45) is 2.05. The van der Waals surface area contributed by atoms with Crippen LogP contribution in [-0.4, -0.2) is 48.4 Å². The van der Waals surface area contributed by atoms with Crippen LogP contribution in [-0.2, 0) is 4.79 Å². The predicted molar refractivity (Wildman–Crippen MR) is 103 cm³/mol. The minimum atomic E-state index is -0.586. The summed E-state index contributed by atoms with van der Waals surface area (Å²) in [4.78, 5) is 26.3. The Bertz CT molecular complexity index is 811. The summed E-state index contributed by atoms with van der Waals surface area (Å²) in [6, 6.07) is 5.50. The fraction of sp³-hybridized carbons (Fsp3) is 0.571. The Balaban J connectivity index is 1.38. The number of nitriles is 1.